The van der Waals surface area contributed by atoms with Crippen LogP contribution in [0.1, 0.15) is 5.56 Å². The van der Waals surface area contributed by atoms with Gasteiger partial charge in [-0.05, 0) is 30.7 Å². The summed E-state index contributed by atoms with van der Waals surface area (Å²) in [6.45, 7) is 1.85. The molecule has 0 aliphatic carbocycles. The molecule has 1 aromatic heterocycles. The van der Waals surface area contributed by atoms with Crippen molar-refractivity contribution in [3.05, 3.63) is 66.2 Å². The number of carbonyl (C=O) groups is 1. The Bertz CT molecular complexity index is 1130. The standard InChI is InChI=1S/C22H19NO4/c1-14-7-3-5-9-18(14)26-13-22(24)23-17-12-20-16(11-21(17)25-2)15-8-4-6-10-19(15)27-20/h3-12H,13H2,1-2H3,(H,23,24). The molecule has 0 aliphatic rings. The van der Waals surface area contributed by atoms with Crippen molar-refractivity contribution in [2.45, 2.75) is 6.92 Å². The average Bonchev–Trinajstić information content (AvgIpc) is 3.04. The van der Waals surface area contributed by atoms with Gasteiger partial charge in [0, 0.05) is 16.8 Å². The Balaban J connectivity index is 1.58. The average molecular weight is 361 g/mol. The minimum Gasteiger partial charge on any atom is -0.495 e. The summed E-state index contributed by atoms with van der Waals surface area (Å²) in [6, 6.07) is 19.0. The second-order valence-corrected chi connectivity index (χ2v) is 6.25. The molecular weight excluding hydrogens is 342 g/mol. The molecule has 4 rings (SSSR count). The molecule has 27 heavy (non-hydrogen) atoms. The number of hydrogen-bond donors (Lipinski definition) is 1. The van der Waals surface area contributed by atoms with Crippen LogP contribution in [0.3, 0.4) is 0 Å². The van der Waals surface area contributed by atoms with Crippen molar-refractivity contribution in [3.8, 4) is 11.5 Å². The molecule has 1 amide bonds. The molecule has 0 fully saturated rings. The van der Waals surface area contributed by atoms with E-state index in [0.29, 0.717) is 22.8 Å². The highest BCUT2D eigenvalue weighted by Crippen LogP contribution is 2.36. The number of methoxy groups -OCH3 is 1. The van der Waals surface area contributed by atoms with Crippen LogP contribution >= 0.6 is 0 Å². The fraction of sp³-hybridized carbons (Fsp3) is 0.136. The second kappa shape index (κ2) is 7.03. The lowest BCUT2D eigenvalue weighted by atomic mass is 10.1. The van der Waals surface area contributed by atoms with Crippen molar-refractivity contribution in [1.29, 1.82) is 0 Å². The number of amides is 1. The fourth-order valence-corrected chi connectivity index (χ4v) is 3.07. The normalized spacial score (nSPS) is 10.9. The first-order valence-electron chi connectivity index (χ1n) is 8.63. The van der Waals surface area contributed by atoms with Crippen LogP contribution in [0.15, 0.2) is 65.1 Å². The number of carbonyl (C=O) groups excluding carboxylic acids is 1. The van der Waals surface area contributed by atoms with E-state index in [1.165, 1.54) is 0 Å². The van der Waals surface area contributed by atoms with Gasteiger partial charge in [0.1, 0.15) is 22.7 Å². The summed E-state index contributed by atoms with van der Waals surface area (Å²) >= 11 is 0. The number of benzene rings is 3. The largest absolute Gasteiger partial charge is 0.495 e. The number of para-hydroxylation sites is 2. The number of aryl methyl sites for hydroxylation is 1. The molecule has 1 N–H and O–H groups in total. The first-order valence-corrected chi connectivity index (χ1v) is 8.63. The lowest BCUT2D eigenvalue weighted by Crippen LogP contribution is -2.20. The zero-order chi connectivity index (χ0) is 18.8. The van der Waals surface area contributed by atoms with Gasteiger partial charge >= 0.3 is 0 Å². The van der Waals surface area contributed by atoms with Gasteiger partial charge in [0.25, 0.3) is 5.91 Å². The summed E-state index contributed by atoms with van der Waals surface area (Å²) in [5.74, 6) is 0.984. The van der Waals surface area contributed by atoms with Crippen LogP contribution in [0.5, 0.6) is 11.5 Å². The van der Waals surface area contributed by atoms with E-state index in [1.54, 1.807) is 13.2 Å². The van der Waals surface area contributed by atoms with E-state index in [0.717, 1.165) is 21.9 Å². The van der Waals surface area contributed by atoms with Gasteiger partial charge in [-0.2, -0.15) is 0 Å². The molecule has 0 bridgehead atoms. The molecule has 4 aromatic rings. The van der Waals surface area contributed by atoms with E-state index in [-0.39, 0.29) is 12.5 Å². The minimum absolute atomic E-state index is 0.0911. The Kier molecular flexibility index (Phi) is 4.42. The van der Waals surface area contributed by atoms with Gasteiger partial charge in [0.2, 0.25) is 0 Å². The van der Waals surface area contributed by atoms with E-state index < -0.39 is 0 Å². The number of furan rings is 1. The van der Waals surface area contributed by atoms with Crippen LogP contribution in [-0.4, -0.2) is 19.6 Å². The van der Waals surface area contributed by atoms with Crippen LogP contribution in [0.4, 0.5) is 5.69 Å². The van der Waals surface area contributed by atoms with Crippen molar-refractivity contribution in [2.24, 2.45) is 0 Å². The van der Waals surface area contributed by atoms with Gasteiger partial charge in [-0.25, -0.2) is 0 Å². The summed E-state index contributed by atoms with van der Waals surface area (Å²) in [5.41, 5.74) is 3.00. The molecule has 0 spiro atoms. The maximum Gasteiger partial charge on any atom is 0.262 e. The lowest BCUT2D eigenvalue weighted by molar-refractivity contribution is -0.118. The van der Waals surface area contributed by atoms with E-state index >= 15 is 0 Å². The summed E-state index contributed by atoms with van der Waals surface area (Å²) in [5, 5.41) is 4.79. The Morgan fingerprint density at radius 2 is 1.74 bits per heavy atom. The number of rotatable bonds is 5. The minimum atomic E-state index is -0.271. The quantitative estimate of drug-likeness (QED) is 0.548. The van der Waals surface area contributed by atoms with Crippen LogP contribution in [0.25, 0.3) is 21.9 Å². The fourth-order valence-electron chi connectivity index (χ4n) is 3.07. The van der Waals surface area contributed by atoms with Gasteiger partial charge in [-0.3, -0.25) is 4.79 Å². The van der Waals surface area contributed by atoms with Gasteiger partial charge in [-0.1, -0.05) is 36.4 Å². The third kappa shape index (κ3) is 3.31. The van der Waals surface area contributed by atoms with Crippen molar-refractivity contribution in [3.63, 3.8) is 0 Å². The predicted octanol–water partition coefficient (Wildman–Crippen LogP) is 4.92. The maximum absolute atomic E-state index is 12.4. The molecular formula is C22H19NO4. The van der Waals surface area contributed by atoms with E-state index in [4.69, 9.17) is 13.9 Å². The Morgan fingerprint density at radius 3 is 2.56 bits per heavy atom. The zero-order valence-electron chi connectivity index (χ0n) is 15.1. The number of fused-ring (bicyclic) bond motifs is 3. The molecule has 136 valence electrons. The van der Waals surface area contributed by atoms with Crippen molar-refractivity contribution in [2.75, 3.05) is 19.0 Å². The first-order chi connectivity index (χ1) is 13.2. The van der Waals surface area contributed by atoms with Crippen molar-refractivity contribution < 1.29 is 18.7 Å². The molecule has 0 saturated heterocycles. The maximum atomic E-state index is 12.4. The van der Waals surface area contributed by atoms with Crippen LogP contribution in [0, 0.1) is 6.92 Å². The topological polar surface area (TPSA) is 60.7 Å². The van der Waals surface area contributed by atoms with Crippen LogP contribution in [-0.2, 0) is 4.79 Å². The molecule has 1 heterocycles. The SMILES string of the molecule is COc1cc2c(cc1NC(=O)COc1ccccc1C)oc1ccccc12. The molecule has 5 nitrogen and oxygen atoms in total. The summed E-state index contributed by atoms with van der Waals surface area (Å²) < 4.78 is 16.9. The molecule has 0 saturated carbocycles. The molecule has 5 heteroatoms. The summed E-state index contributed by atoms with van der Waals surface area (Å²) in [4.78, 5) is 12.4. The Labute approximate surface area is 156 Å². The summed E-state index contributed by atoms with van der Waals surface area (Å²) in [6.07, 6.45) is 0. The monoisotopic (exact) mass is 361 g/mol. The lowest BCUT2D eigenvalue weighted by Gasteiger charge is -2.12. The third-order valence-corrected chi connectivity index (χ3v) is 4.43. The molecule has 3 aromatic carbocycles. The Hall–Kier alpha value is -3.47. The predicted molar refractivity (Wildman–Crippen MR) is 106 cm³/mol. The number of anilines is 1. The van der Waals surface area contributed by atoms with Crippen molar-refractivity contribution in [1.82, 2.24) is 0 Å². The highest BCUT2D eigenvalue weighted by Gasteiger charge is 2.14. The van der Waals surface area contributed by atoms with E-state index in [2.05, 4.69) is 5.32 Å². The van der Waals surface area contributed by atoms with Gasteiger partial charge in [0.15, 0.2) is 6.61 Å². The van der Waals surface area contributed by atoms with E-state index in [9.17, 15) is 4.79 Å². The third-order valence-electron chi connectivity index (χ3n) is 4.43. The van der Waals surface area contributed by atoms with Crippen LogP contribution in [0.2, 0.25) is 0 Å². The molecule has 0 aliphatic heterocycles. The first kappa shape index (κ1) is 17.0. The number of nitrogens with one attached hydrogen (secondary N) is 1. The smallest absolute Gasteiger partial charge is 0.262 e. The molecule has 0 radical (unpaired) electrons. The highest BCUT2D eigenvalue weighted by molar-refractivity contribution is 6.07. The molecule has 0 atom stereocenters. The highest BCUT2D eigenvalue weighted by atomic mass is 16.5. The second-order valence-electron chi connectivity index (χ2n) is 6.25. The van der Waals surface area contributed by atoms with Gasteiger partial charge < -0.3 is 19.2 Å². The Morgan fingerprint density at radius 1 is 0.963 bits per heavy atom. The summed E-state index contributed by atoms with van der Waals surface area (Å²) in [7, 11) is 1.57. The zero-order valence-corrected chi connectivity index (χ0v) is 15.1. The van der Waals surface area contributed by atoms with Gasteiger partial charge in [0.05, 0.1) is 12.8 Å². The van der Waals surface area contributed by atoms with Gasteiger partial charge in [-0.15, -0.1) is 0 Å². The van der Waals surface area contributed by atoms with Crippen molar-refractivity contribution >= 4 is 33.5 Å². The molecule has 0 unspecified atom stereocenters. The van der Waals surface area contributed by atoms with Crippen LogP contribution < -0.4 is 14.8 Å². The van der Waals surface area contributed by atoms with E-state index in [1.807, 2.05) is 61.5 Å². The number of hydrogen-bond acceptors (Lipinski definition) is 4. The number of ether oxygens (including phenoxy) is 2.